The average molecular weight is 452 g/mol. The fourth-order valence-corrected chi connectivity index (χ4v) is 2.99. The standard InChI is InChI=1S/C21H22N2.CHF3O3S/c1-16-14-17(2)21(18(3)15-16)23(20-12-8-5-9-13-20)22-19-10-6-4-7-11-19;2-1(3,4)8(5,6)7/h4-15,22H,1-3H3;(H,5,6,7). The molecule has 9 heteroatoms. The van der Waals surface area contributed by atoms with Gasteiger partial charge in [0.1, 0.15) is 0 Å². The van der Waals surface area contributed by atoms with Crippen molar-refractivity contribution in [3.63, 3.8) is 0 Å². The number of aryl methyl sites for hydroxylation is 3. The van der Waals surface area contributed by atoms with Gasteiger partial charge in [-0.15, -0.1) is 0 Å². The lowest BCUT2D eigenvalue weighted by Gasteiger charge is -2.30. The minimum atomic E-state index is -5.84. The van der Waals surface area contributed by atoms with Crippen LogP contribution in [0.3, 0.4) is 0 Å². The van der Waals surface area contributed by atoms with Crippen molar-refractivity contribution in [2.45, 2.75) is 26.3 Å². The van der Waals surface area contributed by atoms with Crippen LogP contribution in [-0.2, 0) is 10.1 Å². The highest BCUT2D eigenvalue weighted by atomic mass is 32.2. The molecule has 0 saturated carbocycles. The predicted octanol–water partition coefficient (Wildman–Crippen LogP) is 6.17. The maximum Gasteiger partial charge on any atom is 0.522 e. The van der Waals surface area contributed by atoms with E-state index < -0.39 is 15.6 Å². The summed E-state index contributed by atoms with van der Waals surface area (Å²) in [5, 5.41) is 2.17. The van der Waals surface area contributed by atoms with E-state index in [1.165, 1.54) is 22.4 Å². The van der Waals surface area contributed by atoms with Crippen LogP contribution in [0.15, 0.2) is 72.8 Å². The average Bonchev–Trinajstić information content (AvgIpc) is 2.67. The van der Waals surface area contributed by atoms with Crippen LogP contribution in [0.5, 0.6) is 0 Å². The van der Waals surface area contributed by atoms with E-state index in [-0.39, 0.29) is 0 Å². The molecule has 3 aromatic rings. The second kappa shape index (κ2) is 9.84. The highest BCUT2D eigenvalue weighted by molar-refractivity contribution is 7.86. The van der Waals surface area contributed by atoms with Gasteiger partial charge in [0, 0.05) is 0 Å². The van der Waals surface area contributed by atoms with Gasteiger partial charge in [0.2, 0.25) is 0 Å². The largest absolute Gasteiger partial charge is 0.522 e. The second-order valence-corrected chi connectivity index (χ2v) is 8.23. The first-order valence-corrected chi connectivity index (χ1v) is 10.6. The van der Waals surface area contributed by atoms with Gasteiger partial charge in [-0.25, -0.2) is 0 Å². The molecular formula is C22H23F3N2O3S. The van der Waals surface area contributed by atoms with Crippen molar-refractivity contribution in [3.05, 3.63) is 89.5 Å². The lowest BCUT2D eigenvalue weighted by Crippen LogP contribution is -2.26. The van der Waals surface area contributed by atoms with Gasteiger partial charge in [0.15, 0.2) is 0 Å². The van der Waals surface area contributed by atoms with E-state index in [1.807, 2.05) is 24.3 Å². The number of rotatable bonds is 4. The number of halogens is 3. The van der Waals surface area contributed by atoms with Crippen LogP contribution in [0.25, 0.3) is 0 Å². The number of anilines is 3. The van der Waals surface area contributed by atoms with Crippen molar-refractivity contribution in [2.75, 3.05) is 10.4 Å². The van der Waals surface area contributed by atoms with Crippen LogP contribution in [-0.4, -0.2) is 18.5 Å². The molecule has 31 heavy (non-hydrogen) atoms. The van der Waals surface area contributed by atoms with Gasteiger partial charge >= 0.3 is 15.6 Å². The molecule has 2 N–H and O–H groups in total. The van der Waals surface area contributed by atoms with Crippen molar-refractivity contribution >= 4 is 27.2 Å². The molecule has 0 fully saturated rings. The lowest BCUT2D eigenvalue weighted by molar-refractivity contribution is -0.0510. The molecule has 0 saturated heterocycles. The zero-order valence-corrected chi connectivity index (χ0v) is 18.0. The Labute approximate surface area is 179 Å². The van der Waals surface area contributed by atoms with Crippen molar-refractivity contribution in [2.24, 2.45) is 0 Å². The third-order valence-corrected chi connectivity index (χ3v) is 4.77. The summed E-state index contributed by atoms with van der Waals surface area (Å²) in [6.07, 6.45) is 0. The normalized spacial score (nSPS) is 11.3. The molecule has 166 valence electrons. The van der Waals surface area contributed by atoms with Crippen LogP contribution < -0.4 is 10.4 Å². The highest BCUT2D eigenvalue weighted by Crippen LogP contribution is 2.32. The van der Waals surface area contributed by atoms with Crippen molar-refractivity contribution < 1.29 is 26.1 Å². The molecule has 0 unspecified atom stereocenters. The number of hydrogen-bond acceptors (Lipinski definition) is 4. The number of nitrogens with one attached hydrogen (secondary N) is 1. The molecule has 0 heterocycles. The molecule has 0 aliphatic carbocycles. The molecule has 0 amide bonds. The summed E-state index contributed by atoms with van der Waals surface area (Å²) in [4.78, 5) is 0. The Kier molecular flexibility index (Phi) is 7.70. The summed E-state index contributed by atoms with van der Waals surface area (Å²) in [6, 6.07) is 25.1. The molecule has 0 atom stereocenters. The van der Waals surface area contributed by atoms with E-state index in [2.05, 4.69) is 79.7 Å². The summed E-state index contributed by atoms with van der Waals surface area (Å²) in [7, 11) is -5.84. The summed E-state index contributed by atoms with van der Waals surface area (Å²) >= 11 is 0. The predicted molar refractivity (Wildman–Crippen MR) is 117 cm³/mol. The van der Waals surface area contributed by atoms with E-state index in [1.54, 1.807) is 0 Å². The van der Waals surface area contributed by atoms with Crippen molar-refractivity contribution in [1.29, 1.82) is 0 Å². The zero-order chi connectivity index (χ0) is 23.2. The first kappa shape index (κ1) is 24.2. The quantitative estimate of drug-likeness (QED) is 0.281. The monoisotopic (exact) mass is 452 g/mol. The Morgan fingerprint density at radius 3 is 1.68 bits per heavy atom. The summed E-state index contributed by atoms with van der Waals surface area (Å²) in [5.41, 5.74) is 5.20. The summed E-state index contributed by atoms with van der Waals surface area (Å²) in [5.74, 6) is 0. The van der Waals surface area contributed by atoms with E-state index in [4.69, 9.17) is 13.0 Å². The third-order valence-electron chi connectivity index (χ3n) is 4.18. The molecule has 0 bridgehead atoms. The fourth-order valence-electron chi connectivity index (χ4n) is 2.99. The van der Waals surface area contributed by atoms with Gasteiger partial charge in [0.05, 0.1) is 17.1 Å². The van der Waals surface area contributed by atoms with Crippen LogP contribution in [0.4, 0.5) is 30.2 Å². The van der Waals surface area contributed by atoms with Gasteiger partial charge in [-0.1, -0.05) is 54.1 Å². The summed E-state index contributed by atoms with van der Waals surface area (Å²) < 4.78 is 57.5. The van der Waals surface area contributed by atoms with Gasteiger partial charge in [-0.3, -0.25) is 15.0 Å². The Balaban J connectivity index is 0.000000366. The maximum absolute atomic E-state index is 10.7. The molecule has 3 rings (SSSR count). The number of alkyl halides is 3. The number of para-hydroxylation sites is 2. The molecule has 0 aliphatic heterocycles. The lowest BCUT2D eigenvalue weighted by atomic mass is 10.0. The number of benzene rings is 3. The Hall–Kier alpha value is -3.04. The van der Waals surface area contributed by atoms with Gasteiger partial charge in [0.25, 0.3) is 0 Å². The molecule has 0 aliphatic rings. The molecule has 0 radical (unpaired) electrons. The minimum absolute atomic E-state index is 1.07. The third kappa shape index (κ3) is 6.73. The molecule has 5 nitrogen and oxygen atoms in total. The topological polar surface area (TPSA) is 69.6 Å². The Morgan fingerprint density at radius 1 is 0.839 bits per heavy atom. The van der Waals surface area contributed by atoms with E-state index in [0.717, 1.165) is 11.4 Å². The smallest absolute Gasteiger partial charge is 0.294 e. The van der Waals surface area contributed by atoms with Crippen molar-refractivity contribution in [1.82, 2.24) is 0 Å². The number of hydrazine groups is 1. The SMILES string of the molecule is Cc1cc(C)c(N(Nc2ccccc2)c2ccccc2)c(C)c1.O=S(=O)(O)C(F)(F)F. The van der Waals surface area contributed by atoms with Gasteiger partial charge in [-0.05, 0) is 56.2 Å². The molecule has 3 aromatic carbocycles. The van der Waals surface area contributed by atoms with E-state index in [9.17, 15) is 13.2 Å². The fraction of sp³-hybridized carbons (Fsp3) is 0.182. The van der Waals surface area contributed by atoms with E-state index >= 15 is 0 Å². The highest BCUT2D eigenvalue weighted by Gasteiger charge is 2.44. The Morgan fingerprint density at radius 2 is 1.26 bits per heavy atom. The minimum Gasteiger partial charge on any atom is -0.294 e. The Bertz CT molecular complexity index is 1080. The van der Waals surface area contributed by atoms with Crippen LogP contribution in [0, 0.1) is 20.8 Å². The maximum atomic E-state index is 10.7. The van der Waals surface area contributed by atoms with Crippen LogP contribution >= 0.6 is 0 Å². The molecule has 0 aromatic heterocycles. The van der Waals surface area contributed by atoms with Crippen LogP contribution in [0.2, 0.25) is 0 Å². The van der Waals surface area contributed by atoms with Gasteiger partial charge < -0.3 is 0 Å². The van der Waals surface area contributed by atoms with Gasteiger partial charge in [-0.2, -0.15) is 21.6 Å². The first-order chi connectivity index (χ1) is 14.4. The zero-order valence-electron chi connectivity index (χ0n) is 17.2. The van der Waals surface area contributed by atoms with E-state index in [0.29, 0.717) is 0 Å². The number of nitrogens with zero attached hydrogens (tertiary/aromatic N) is 1. The molecular weight excluding hydrogens is 429 g/mol. The van der Waals surface area contributed by atoms with Crippen LogP contribution in [0.1, 0.15) is 16.7 Å². The number of hydrogen-bond donors (Lipinski definition) is 2. The first-order valence-electron chi connectivity index (χ1n) is 9.18. The van der Waals surface area contributed by atoms with Crippen molar-refractivity contribution in [3.8, 4) is 0 Å². The molecule has 0 spiro atoms. The second-order valence-electron chi connectivity index (χ2n) is 6.82. The summed E-state index contributed by atoms with van der Waals surface area (Å²) in [6.45, 7) is 6.47.